The van der Waals surface area contributed by atoms with Gasteiger partial charge in [0.2, 0.25) is 10.0 Å². The van der Waals surface area contributed by atoms with Crippen LogP contribution in [0.15, 0.2) is 47.4 Å². The van der Waals surface area contributed by atoms with Crippen molar-refractivity contribution in [1.82, 2.24) is 4.72 Å². The Balaban J connectivity index is 2.22. The molecule has 0 aromatic heterocycles. The van der Waals surface area contributed by atoms with Gasteiger partial charge in [-0.05, 0) is 53.8 Å². The minimum absolute atomic E-state index is 0.0358. The average molecular weight is 381 g/mol. The first-order valence-electron chi connectivity index (χ1n) is 8.25. The predicted octanol–water partition coefficient (Wildman–Crippen LogP) is 3.56. The Morgan fingerprint density at radius 1 is 1.00 bits per heavy atom. The van der Waals surface area contributed by atoms with Gasteiger partial charge in [-0.3, -0.25) is 0 Å². The molecule has 2 rings (SSSR count). The highest BCUT2D eigenvalue weighted by atomic mass is 32.2. The third-order valence-electron chi connectivity index (χ3n) is 4.26. The molecule has 0 radical (unpaired) electrons. The zero-order valence-corrected chi connectivity index (χ0v) is 16.1. The Bertz CT molecular complexity index is 835. The van der Waals surface area contributed by atoms with Crippen molar-refractivity contribution in [2.45, 2.75) is 24.7 Å². The molecule has 2 aromatic carbocycles. The van der Waals surface area contributed by atoms with E-state index >= 15 is 0 Å². The summed E-state index contributed by atoms with van der Waals surface area (Å²) >= 11 is 0. The maximum atomic E-state index is 13.0. The number of ether oxygens (including phenoxy) is 2. The topological polar surface area (TPSA) is 64.6 Å². The molecule has 0 fully saturated rings. The smallest absolute Gasteiger partial charge is 0.240 e. The van der Waals surface area contributed by atoms with Gasteiger partial charge in [0, 0.05) is 6.54 Å². The second kappa shape index (κ2) is 8.51. The largest absolute Gasteiger partial charge is 0.493 e. The van der Waals surface area contributed by atoms with Gasteiger partial charge >= 0.3 is 0 Å². The van der Waals surface area contributed by atoms with Gasteiger partial charge in [-0.2, -0.15) is 0 Å². The second-order valence-electron chi connectivity index (χ2n) is 6.27. The van der Waals surface area contributed by atoms with Crippen LogP contribution >= 0.6 is 0 Å². The van der Waals surface area contributed by atoms with Gasteiger partial charge in [-0.25, -0.2) is 17.5 Å². The van der Waals surface area contributed by atoms with E-state index in [-0.39, 0.29) is 23.3 Å². The van der Waals surface area contributed by atoms with Gasteiger partial charge in [0.25, 0.3) is 0 Å². The Morgan fingerprint density at radius 2 is 1.62 bits per heavy atom. The second-order valence-corrected chi connectivity index (χ2v) is 8.04. The quantitative estimate of drug-likeness (QED) is 0.759. The van der Waals surface area contributed by atoms with Crippen LogP contribution in [0.25, 0.3) is 0 Å². The molecule has 0 spiro atoms. The van der Waals surface area contributed by atoms with Crippen LogP contribution in [0.4, 0.5) is 4.39 Å². The van der Waals surface area contributed by atoms with Crippen molar-refractivity contribution < 1.29 is 22.3 Å². The van der Waals surface area contributed by atoms with Gasteiger partial charge in [0.15, 0.2) is 11.5 Å². The number of sulfonamides is 1. The molecule has 2 aromatic rings. The molecule has 1 unspecified atom stereocenters. The Hall–Kier alpha value is -2.12. The lowest BCUT2D eigenvalue weighted by molar-refractivity contribution is 0.353. The fourth-order valence-electron chi connectivity index (χ4n) is 2.72. The van der Waals surface area contributed by atoms with Crippen LogP contribution in [-0.4, -0.2) is 29.2 Å². The molecule has 142 valence electrons. The molecule has 0 bridgehead atoms. The molecule has 0 aliphatic rings. The lowest BCUT2D eigenvalue weighted by Crippen LogP contribution is -2.30. The molecule has 5 nitrogen and oxygen atoms in total. The summed E-state index contributed by atoms with van der Waals surface area (Å²) in [5.74, 6) is 0.853. The molecule has 7 heteroatoms. The first-order valence-corrected chi connectivity index (χ1v) is 9.74. The van der Waals surface area contributed by atoms with E-state index in [0.29, 0.717) is 11.5 Å². The number of halogens is 1. The third-order valence-corrected chi connectivity index (χ3v) is 5.70. The predicted molar refractivity (Wildman–Crippen MR) is 98.7 cm³/mol. The maximum absolute atomic E-state index is 13.0. The highest BCUT2D eigenvalue weighted by molar-refractivity contribution is 7.89. The fraction of sp³-hybridized carbons (Fsp3) is 0.368. The zero-order valence-electron chi connectivity index (χ0n) is 15.3. The molecule has 1 atom stereocenters. The molecule has 0 saturated carbocycles. The summed E-state index contributed by atoms with van der Waals surface area (Å²) in [6.07, 6.45) is 0. The van der Waals surface area contributed by atoms with Crippen LogP contribution in [0.2, 0.25) is 0 Å². The van der Waals surface area contributed by atoms with Gasteiger partial charge < -0.3 is 9.47 Å². The van der Waals surface area contributed by atoms with Crippen LogP contribution in [0.5, 0.6) is 11.5 Å². The summed E-state index contributed by atoms with van der Waals surface area (Å²) in [7, 11) is -0.592. The minimum Gasteiger partial charge on any atom is -0.493 e. The van der Waals surface area contributed by atoms with Crippen molar-refractivity contribution in [2.75, 3.05) is 20.8 Å². The van der Waals surface area contributed by atoms with Gasteiger partial charge in [0.05, 0.1) is 19.1 Å². The molecule has 0 amide bonds. The molecule has 0 heterocycles. The van der Waals surface area contributed by atoms with Crippen LogP contribution in [0.1, 0.15) is 25.3 Å². The Morgan fingerprint density at radius 3 is 2.15 bits per heavy atom. The normalized spacial score (nSPS) is 12.8. The van der Waals surface area contributed by atoms with Crippen LogP contribution in [-0.2, 0) is 10.0 Å². The van der Waals surface area contributed by atoms with Crippen LogP contribution in [0.3, 0.4) is 0 Å². The van der Waals surface area contributed by atoms with Crippen LogP contribution in [0, 0.1) is 11.7 Å². The lowest BCUT2D eigenvalue weighted by Gasteiger charge is -2.23. The van der Waals surface area contributed by atoms with Crippen molar-refractivity contribution in [3.05, 3.63) is 53.8 Å². The van der Waals surface area contributed by atoms with Crippen molar-refractivity contribution >= 4 is 10.0 Å². The van der Waals surface area contributed by atoms with E-state index in [0.717, 1.165) is 17.7 Å². The third kappa shape index (κ3) is 4.74. The molecule has 26 heavy (non-hydrogen) atoms. The van der Waals surface area contributed by atoms with E-state index in [1.165, 1.54) is 12.1 Å². The maximum Gasteiger partial charge on any atom is 0.240 e. The van der Waals surface area contributed by atoms with Gasteiger partial charge in [0.1, 0.15) is 5.82 Å². The van der Waals surface area contributed by atoms with Crippen molar-refractivity contribution in [3.63, 3.8) is 0 Å². The van der Waals surface area contributed by atoms with Crippen molar-refractivity contribution in [3.8, 4) is 11.5 Å². The highest BCUT2D eigenvalue weighted by Crippen LogP contribution is 2.33. The number of hydrogen-bond acceptors (Lipinski definition) is 4. The Kier molecular flexibility index (Phi) is 6.61. The summed E-state index contributed by atoms with van der Waals surface area (Å²) in [6, 6.07) is 10.3. The zero-order chi connectivity index (χ0) is 19.3. The van der Waals surface area contributed by atoms with E-state index in [1.54, 1.807) is 20.3 Å². The first kappa shape index (κ1) is 20.2. The van der Waals surface area contributed by atoms with E-state index in [1.807, 2.05) is 26.0 Å². The summed E-state index contributed by atoms with van der Waals surface area (Å²) in [5, 5.41) is 0. The minimum atomic E-state index is -3.71. The first-order chi connectivity index (χ1) is 12.3. The van der Waals surface area contributed by atoms with Crippen LogP contribution < -0.4 is 14.2 Å². The van der Waals surface area contributed by atoms with Crippen molar-refractivity contribution in [1.29, 1.82) is 0 Å². The van der Waals surface area contributed by atoms with E-state index in [9.17, 15) is 12.8 Å². The number of hydrogen-bond donors (Lipinski definition) is 1. The summed E-state index contributed by atoms with van der Waals surface area (Å²) in [6.45, 7) is 4.26. The number of nitrogens with one attached hydrogen (secondary N) is 1. The highest BCUT2D eigenvalue weighted by Gasteiger charge is 2.22. The Labute approximate surface area is 154 Å². The van der Waals surface area contributed by atoms with E-state index < -0.39 is 15.8 Å². The number of methoxy groups -OCH3 is 2. The number of benzene rings is 2. The standard InChI is InChI=1S/C19H24FNO4S/c1-13(2)17(14-5-10-18(24-3)19(11-14)25-4)12-21-26(22,23)16-8-6-15(20)7-9-16/h5-11,13,17,21H,12H2,1-4H3. The molecular weight excluding hydrogens is 357 g/mol. The summed E-state index contributed by atoms with van der Waals surface area (Å²) in [4.78, 5) is 0.0358. The molecule has 0 aliphatic heterocycles. The van der Waals surface area contributed by atoms with E-state index in [2.05, 4.69) is 4.72 Å². The molecular formula is C19H24FNO4S. The lowest BCUT2D eigenvalue weighted by atomic mass is 9.88. The molecule has 0 saturated heterocycles. The SMILES string of the molecule is COc1ccc(C(CNS(=O)(=O)c2ccc(F)cc2)C(C)C)cc1OC. The monoisotopic (exact) mass is 381 g/mol. The summed E-state index contributed by atoms with van der Waals surface area (Å²) in [5.41, 5.74) is 0.944. The van der Waals surface area contributed by atoms with Gasteiger partial charge in [-0.15, -0.1) is 0 Å². The van der Waals surface area contributed by atoms with Gasteiger partial charge in [-0.1, -0.05) is 19.9 Å². The average Bonchev–Trinajstić information content (AvgIpc) is 2.61. The summed E-state index contributed by atoms with van der Waals surface area (Å²) < 4.78 is 51.1. The fourth-order valence-corrected chi connectivity index (χ4v) is 3.78. The number of rotatable bonds is 8. The molecule has 1 N–H and O–H groups in total. The molecule has 0 aliphatic carbocycles. The van der Waals surface area contributed by atoms with Crippen molar-refractivity contribution in [2.24, 2.45) is 5.92 Å². The van der Waals surface area contributed by atoms with E-state index in [4.69, 9.17) is 9.47 Å².